The number of anilines is 1. The number of ether oxygens (including phenoxy) is 1. The van der Waals surface area contributed by atoms with E-state index in [-0.39, 0.29) is 12.7 Å². The van der Waals surface area contributed by atoms with E-state index in [9.17, 15) is 0 Å². The first-order chi connectivity index (χ1) is 6.40. The summed E-state index contributed by atoms with van der Waals surface area (Å²) in [4.78, 5) is 2.11. The van der Waals surface area contributed by atoms with Crippen molar-refractivity contribution >= 4 is 5.69 Å². The first kappa shape index (κ1) is 8.53. The van der Waals surface area contributed by atoms with Crippen LogP contribution in [0, 0.1) is 0 Å². The van der Waals surface area contributed by atoms with Gasteiger partial charge in [-0.1, -0.05) is 18.2 Å². The Bertz CT molecular complexity index is 263. The summed E-state index contributed by atoms with van der Waals surface area (Å²) in [5.41, 5.74) is 1.15. The van der Waals surface area contributed by atoms with E-state index in [2.05, 4.69) is 4.90 Å². The van der Waals surface area contributed by atoms with Crippen LogP contribution in [-0.2, 0) is 4.74 Å². The summed E-state index contributed by atoms with van der Waals surface area (Å²) in [6.45, 7) is 1.46. The molecule has 2 rings (SSSR count). The summed E-state index contributed by atoms with van der Waals surface area (Å²) in [6.07, 6.45) is -0.0276. The van der Waals surface area contributed by atoms with Crippen LogP contribution in [0.4, 0.5) is 5.69 Å². The van der Waals surface area contributed by atoms with Crippen LogP contribution in [0.5, 0.6) is 0 Å². The summed E-state index contributed by atoms with van der Waals surface area (Å²) in [6, 6.07) is 10.1. The Kier molecular flexibility index (Phi) is 2.47. The third-order valence-corrected chi connectivity index (χ3v) is 2.22. The Balaban J connectivity index is 2.04. The monoisotopic (exact) mass is 179 g/mol. The summed E-state index contributed by atoms with van der Waals surface area (Å²) in [5.74, 6) is 0. The third kappa shape index (κ3) is 1.82. The van der Waals surface area contributed by atoms with Crippen molar-refractivity contribution in [2.24, 2.45) is 0 Å². The molecule has 1 aliphatic heterocycles. The molecule has 1 aliphatic rings. The van der Waals surface area contributed by atoms with Crippen LogP contribution in [0.25, 0.3) is 0 Å². The highest BCUT2D eigenvalue weighted by molar-refractivity contribution is 5.46. The molecule has 1 aromatic rings. The minimum absolute atomic E-state index is 0.0276. The smallest absolute Gasteiger partial charge is 0.119 e. The highest BCUT2D eigenvalue weighted by atomic mass is 16.5. The van der Waals surface area contributed by atoms with Gasteiger partial charge in [-0.05, 0) is 12.1 Å². The molecule has 13 heavy (non-hydrogen) atoms. The van der Waals surface area contributed by atoms with Crippen molar-refractivity contribution in [3.63, 3.8) is 0 Å². The average Bonchev–Trinajstić information content (AvgIpc) is 2.67. The van der Waals surface area contributed by atoms with Gasteiger partial charge in [0, 0.05) is 12.2 Å². The molecule has 0 saturated carbocycles. The average molecular weight is 179 g/mol. The van der Waals surface area contributed by atoms with E-state index in [1.807, 2.05) is 30.3 Å². The maximum Gasteiger partial charge on any atom is 0.119 e. The normalized spacial score (nSPS) is 22.2. The van der Waals surface area contributed by atoms with E-state index in [0.29, 0.717) is 6.73 Å². The fourth-order valence-electron chi connectivity index (χ4n) is 1.48. The summed E-state index contributed by atoms with van der Waals surface area (Å²) < 4.78 is 5.35. The molecular weight excluding hydrogens is 166 g/mol. The zero-order valence-electron chi connectivity index (χ0n) is 7.39. The lowest BCUT2D eigenvalue weighted by molar-refractivity contribution is 0.0645. The van der Waals surface area contributed by atoms with E-state index in [4.69, 9.17) is 9.84 Å². The second kappa shape index (κ2) is 3.77. The molecule has 1 heterocycles. The number of rotatable bonds is 2. The van der Waals surface area contributed by atoms with Crippen LogP contribution in [0.2, 0.25) is 0 Å². The minimum atomic E-state index is -0.0276. The largest absolute Gasteiger partial charge is 0.394 e. The van der Waals surface area contributed by atoms with E-state index in [1.165, 1.54) is 0 Å². The number of hydrogen-bond acceptors (Lipinski definition) is 3. The van der Waals surface area contributed by atoms with Crippen molar-refractivity contribution < 1.29 is 9.84 Å². The number of nitrogens with zero attached hydrogens (tertiary/aromatic N) is 1. The molecule has 1 fully saturated rings. The van der Waals surface area contributed by atoms with Crippen LogP contribution in [0.3, 0.4) is 0 Å². The van der Waals surface area contributed by atoms with Crippen molar-refractivity contribution in [3.8, 4) is 0 Å². The predicted octanol–water partition coefficient (Wildman–Crippen LogP) is 0.842. The van der Waals surface area contributed by atoms with Crippen molar-refractivity contribution in [3.05, 3.63) is 30.3 Å². The van der Waals surface area contributed by atoms with Gasteiger partial charge in [-0.25, -0.2) is 0 Å². The molecule has 0 radical (unpaired) electrons. The summed E-state index contributed by atoms with van der Waals surface area (Å²) in [5, 5.41) is 8.88. The highest BCUT2D eigenvalue weighted by Crippen LogP contribution is 2.18. The van der Waals surface area contributed by atoms with Gasteiger partial charge in [-0.2, -0.15) is 0 Å². The van der Waals surface area contributed by atoms with Crippen molar-refractivity contribution in [2.75, 3.05) is 24.8 Å². The minimum Gasteiger partial charge on any atom is -0.394 e. The molecule has 0 spiro atoms. The molecule has 3 nitrogen and oxygen atoms in total. The maximum absolute atomic E-state index is 8.88. The Hall–Kier alpha value is -1.06. The van der Waals surface area contributed by atoms with Gasteiger partial charge in [0.05, 0.1) is 6.61 Å². The summed E-state index contributed by atoms with van der Waals surface area (Å²) in [7, 11) is 0. The number of benzene rings is 1. The van der Waals surface area contributed by atoms with Crippen molar-refractivity contribution in [2.45, 2.75) is 6.10 Å². The van der Waals surface area contributed by atoms with Gasteiger partial charge >= 0.3 is 0 Å². The van der Waals surface area contributed by atoms with Crippen LogP contribution in [-0.4, -0.2) is 31.1 Å². The fraction of sp³-hybridized carbons (Fsp3) is 0.400. The molecule has 0 aliphatic carbocycles. The van der Waals surface area contributed by atoms with Gasteiger partial charge in [0.25, 0.3) is 0 Å². The molecule has 1 N–H and O–H groups in total. The zero-order valence-corrected chi connectivity index (χ0v) is 7.39. The number of para-hydroxylation sites is 1. The predicted molar refractivity (Wildman–Crippen MR) is 50.6 cm³/mol. The molecular formula is C10H13NO2. The lowest BCUT2D eigenvalue weighted by Crippen LogP contribution is -2.22. The van der Waals surface area contributed by atoms with Crippen molar-refractivity contribution in [1.29, 1.82) is 0 Å². The second-order valence-corrected chi connectivity index (χ2v) is 3.16. The molecule has 1 aromatic carbocycles. The molecule has 3 heteroatoms. The van der Waals surface area contributed by atoms with Gasteiger partial charge in [0.2, 0.25) is 0 Å². The van der Waals surface area contributed by atoms with Crippen molar-refractivity contribution in [1.82, 2.24) is 0 Å². The first-order valence-electron chi connectivity index (χ1n) is 4.42. The Labute approximate surface area is 77.6 Å². The van der Waals surface area contributed by atoms with Crippen LogP contribution in [0.1, 0.15) is 0 Å². The van der Waals surface area contributed by atoms with E-state index < -0.39 is 0 Å². The van der Waals surface area contributed by atoms with Gasteiger partial charge in [0.1, 0.15) is 12.8 Å². The summed E-state index contributed by atoms with van der Waals surface area (Å²) >= 11 is 0. The molecule has 0 bridgehead atoms. The van der Waals surface area contributed by atoms with E-state index >= 15 is 0 Å². The van der Waals surface area contributed by atoms with Crippen LogP contribution in [0.15, 0.2) is 30.3 Å². The Morgan fingerprint density at radius 3 is 2.77 bits per heavy atom. The maximum atomic E-state index is 8.88. The quantitative estimate of drug-likeness (QED) is 0.730. The van der Waals surface area contributed by atoms with Gasteiger partial charge in [0.15, 0.2) is 0 Å². The topological polar surface area (TPSA) is 32.7 Å². The molecule has 0 aromatic heterocycles. The third-order valence-electron chi connectivity index (χ3n) is 2.22. The lowest BCUT2D eigenvalue weighted by atomic mass is 10.3. The van der Waals surface area contributed by atoms with Crippen LogP contribution < -0.4 is 4.90 Å². The molecule has 70 valence electrons. The van der Waals surface area contributed by atoms with Gasteiger partial charge < -0.3 is 14.7 Å². The highest BCUT2D eigenvalue weighted by Gasteiger charge is 2.21. The Morgan fingerprint density at radius 1 is 1.38 bits per heavy atom. The number of aliphatic hydroxyl groups is 1. The fourth-order valence-corrected chi connectivity index (χ4v) is 1.48. The molecule has 0 amide bonds. The molecule has 1 unspecified atom stereocenters. The standard InChI is InChI=1S/C10H13NO2/c12-7-10-6-11(8-13-10)9-4-2-1-3-5-9/h1-5,10,12H,6-8H2. The molecule has 1 atom stereocenters. The van der Waals surface area contributed by atoms with E-state index in [0.717, 1.165) is 12.2 Å². The number of aliphatic hydroxyl groups excluding tert-OH is 1. The van der Waals surface area contributed by atoms with Gasteiger partial charge in [-0.3, -0.25) is 0 Å². The zero-order chi connectivity index (χ0) is 9.10. The van der Waals surface area contributed by atoms with Gasteiger partial charge in [-0.15, -0.1) is 0 Å². The van der Waals surface area contributed by atoms with Crippen LogP contribution >= 0.6 is 0 Å². The number of hydrogen-bond donors (Lipinski definition) is 1. The van der Waals surface area contributed by atoms with E-state index in [1.54, 1.807) is 0 Å². The lowest BCUT2D eigenvalue weighted by Gasteiger charge is -2.15. The molecule has 1 saturated heterocycles. The second-order valence-electron chi connectivity index (χ2n) is 3.16. The first-order valence-corrected chi connectivity index (χ1v) is 4.42. The SMILES string of the molecule is OCC1CN(c2ccccc2)CO1. The Morgan fingerprint density at radius 2 is 2.15 bits per heavy atom.